The van der Waals surface area contributed by atoms with E-state index in [1.807, 2.05) is 48.7 Å². The second kappa shape index (κ2) is 12.1. The third kappa shape index (κ3) is 6.36. The minimum atomic E-state index is -0.421. The first-order valence-corrected chi connectivity index (χ1v) is 13.4. The number of aromatic nitrogens is 4. The first-order chi connectivity index (χ1) is 18.9. The van der Waals surface area contributed by atoms with E-state index in [2.05, 4.69) is 20.9 Å². The van der Waals surface area contributed by atoms with E-state index in [9.17, 15) is 9.90 Å². The fraction of sp³-hybridized carbons (Fsp3) is 0.357. The Bertz CT molecular complexity index is 1470. The number of pyridine rings is 1. The van der Waals surface area contributed by atoms with E-state index in [-0.39, 0.29) is 11.9 Å². The third-order valence-electron chi connectivity index (χ3n) is 6.59. The molecule has 5 rings (SSSR count). The Labute approximate surface area is 231 Å². The molecule has 1 aliphatic heterocycles. The molecule has 4 aromatic rings. The molecule has 1 aromatic carbocycles. The van der Waals surface area contributed by atoms with Crippen LogP contribution in [0.2, 0.25) is 5.02 Å². The molecule has 204 valence electrons. The molecular formula is C28H32ClN7O3. The Kier molecular flexibility index (Phi) is 8.37. The number of carbonyl (C=O) groups is 1. The summed E-state index contributed by atoms with van der Waals surface area (Å²) in [5, 5.41) is 24.2. The lowest BCUT2D eigenvalue weighted by atomic mass is 10.0. The van der Waals surface area contributed by atoms with Crippen LogP contribution in [0.1, 0.15) is 31.0 Å². The Balaban J connectivity index is 1.34. The molecule has 0 unspecified atom stereocenters. The summed E-state index contributed by atoms with van der Waals surface area (Å²) >= 11 is 6.91. The van der Waals surface area contributed by atoms with Crippen LogP contribution in [0, 0.1) is 0 Å². The van der Waals surface area contributed by atoms with E-state index in [1.54, 1.807) is 18.5 Å². The molecule has 4 N–H and O–H groups in total. The van der Waals surface area contributed by atoms with Crippen molar-refractivity contribution in [3.63, 3.8) is 0 Å². The monoisotopic (exact) mass is 549 g/mol. The van der Waals surface area contributed by atoms with E-state index < -0.39 is 6.10 Å². The average Bonchev–Trinajstić information content (AvgIpc) is 3.53. The van der Waals surface area contributed by atoms with Crippen molar-refractivity contribution in [3.05, 3.63) is 64.9 Å². The van der Waals surface area contributed by atoms with Crippen molar-refractivity contribution in [1.82, 2.24) is 35.5 Å². The zero-order valence-corrected chi connectivity index (χ0v) is 22.7. The predicted octanol–water partition coefficient (Wildman–Crippen LogP) is 2.96. The van der Waals surface area contributed by atoms with Gasteiger partial charge in [0.2, 0.25) is 11.8 Å². The summed E-state index contributed by atoms with van der Waals surface area (Å²) in [4.78, 5) is 20.7. The summed E-state index contributed by atoms with van der Waals surface area (Å²) in [6, 6.07) is 13.7. The number of amides is 1. The molecule has 1 aliphatic rings. The Morgan fingerprint density at radius 1 is 1.13 bits per heavy atom. The lowest BCUT2D eigenvalue weighted by molar-refractivity contribution is -0.119. The fourth-order valence-corrected chi connectivity index (χ4v) is 4.96. The topological polar surface area (TPSA) is 126 Å². The highest BCUT2D eigenvalue weighted by Gasteiger charge is 2.20. The number of methoxy groups -OCH3 is 1. The van der Waals surface area contributed by atoms with Gasteiger partial charge < -0.3 is 25.8 Å². The summed E-state index contributed by atoms with van der Waals surface area (Å²) < 4.78 is 7.32. The molecular weight excluding hydrogens is 518 g/mol. The molecule has 0 bridgehead atoms. The number of carbonyl (C=O) groups excluding carboxylic acids is 1. The smallest absolute Gasteiger partial charge is 0.220 e. The number of aliphatic hydroxyl groups excluding tert-OH is 1. The number of nitrogens with one attached hydrogen (secondary N) is 3. The normalized spacial score (nSPS) is 16.0. The van der Waals surface area contributed by atoms with Crippen LogP contribution >= 0.6 is 11.6 Å². The maximum absolute atomic E-state index is 11.4. The maximum Gasteiger partial charge on any atom is 0.220 e. The van der Waals surface area contributed by atoms with Crippen molar-refractivity contribution in [1.29, 1.82) is 0 Å². The van der Waals surface area contributed by atoms with E-state index >= 15 is 0 Å². The molecule has 1 saturated heterocycles. The van der Waals surface area contributed by atoms with E-state index in [0.29, 0.717) is 54.9 Å². The fourth-order valence-electron chi connectivity index (χ4n) is 4.64. The largest absolute Gasteiger partial charge is 0.481 e. The number of rotatable bonds is 11. The van der Waals surface area contributed by atoms with Crippen LogP contribution < -0.4 is 20.7 Å². The van der Waals surface area contributed by atoms with Crippen LogP contribution in [0.5, 0.6) is 5.88 Å². The highest BCUT2D eigenvalue weighted by molar-refractivity contribution is 6.36. The molecule has 11 heteroatoms. The number of aliphatic hydroxyl groups is 1. The number of halogens is 1. The van der Waals surface area contributed by atoms with Crippen molar-refractivity contribution in [2.45, 2.75) is 45.0 Å². The minimum Gasteiger partial charge on any atom is -0.481 e. The molecule has 10 nitrogen and oxygen atoms in total. The Hall–Kier alpha value is -3.57. The van der Waals surface area contributed by atoms with Gasteiger partial charge in [0.25, 0.3) is 0 Å². The number of benzene rings is 1. The first kappa shape index (κ1) is 27.0. The zero-order chi connectivity index (χ0) is 27.4. The van der Waals surface area contributed by atoms with E-state index in [4.69, 9.17) is 26.4 Å². The molecule has 39 heavy (non-hydrogen) atoms. The summed E-state index contributed by atoms with van der Waals surface area (Å²) in [5.41, 5.74) is 5.44. The molecule has 4 heterocycles. The van der Waals surface area contributed by atoms with Crippen LogP contribution in [0.25, 0.3) is 28.2 Å². The van der Waals surface area contributed by atoms with Crippen molar-refractivity contribution >= 4 is 23.2 Å². The molecule has 0 aliphatic carbocycles. The van der Waals surface area contributed by atoms with Gasteiger partial charge in [0.05, 0.1) is 41.5 Å². The van der Waals surface area contributed by atoms with Crippen LogP contribution in [0.15, 0.2) is 48.7 Å². The van der Waals surface area contributed by atoms with Crippen molar-refractivity contribution in [3.8, 4) is 28.4 Å². The standard InChI is InChI=1S/C28H32ClN7O3/c1-17(37)12-30-15-20-16-36-25(32-20)10-9-24(35-36)22-5-3-4-21(27(22)29)23-8-6-18(28(34-23)39-2)13-31-14-19-7-11-26(38)33-19/h3-6,8-10,16-17,19,30-31,37H,7,11-15H2,1-2H3,(H,33,38)/t17-,19-/m0/s1. The third-order valence-corrected chi connectivity index (χ3v) is 7.00. The van der Waals surface area contributed by atoms with Crippen LogP contribution in [-0.4, -0.2) is 62.9 Å². The lowest BCUT2D eigenvalue weighted by Gasteiger charge is -2.14. The molecule has 2 atom stereocenters. The maximum atomic E-state index is 11.4. The molecule has 0 radical (unpaired) electrons. The molecule has 0 spiro atoms. The van der Waals surface area contributed by atoms with Gasteiger partial charge >= 0.3 is 0 Å². The molecule has 1 amide bonds. The van der Waals surface area contributed by atoms with Crippen molar-refractivity contribution < 1.29 is 14.6 Å². The summed E-state index contributed by atoms with van der Waals surface area (Å²) in [6.45, 7) is 4.03. The number of hydrogen-bond donors (Lipinski definition) is 4. The molecule has 1 fully saturated rings. The van der Waals surface area contributed by atoms with Gasteiger partial charge in [-0.3, -0.25) is 4.79 Å². The van der Waals surface area contributed by atoms with E-state index in [1.165, 1.54) is 0 Å². The summed E-state index contributed by atoms with van der Waals surface area (Å²) in [5.74, 6) is 0.627. The second-order valence-electron chi connectivity index (χ2n) is 9.70. The highest BCUT2D eigenvalue weighted by Crippen LogP contribution is 2.36. The Morgan fingerprint density at radius 3 is 2.67 bits per heavy atom. The minimum absolute atomic E-state index is 0.107. The Morgan fingerprint density at radius 2 is 1.92 bits per heavy atom. The van der Waals surface area contributed by atoms with E-state index in [0.717, 1.165) is 34.5 Å². The van der Waals surface area contributed by atoms with Gasteiger partial charge in [-0.25, -0.2) is 14.5 Å². The van der Waals surface area contributed by atoms with Gasteiger partial charge in [-0.2, -0.15) is 5.10 Å². The van der Waals surface area contributed by atoms with Gasteiger partial charge in [0.15, 0.2) is 5.65 Å². The van der Waals surface area contributed by atoms with Gasteiger partial charge in [0.1, 0.15) is 0 Å². The van der Waals surface area contributed by atoms with Gasteiger partial charge in [-0.1, -0.05) is 35.9 Å². The molecule has 3 aromatic heterocycles. The number of ether oxygens (including phenoxy) is 1. The van der Waals surface area contributed by atoms with Crippen LogP contribution in [0.3, 0.4) is 0 Å². The predicted molar refractivity (Wildman–Crippen MR) is 149 cm³/mol. The average molecular weight is 550 g/mol. The molecule has 0 saturated carbocycles. The van der Waals surface area contributed by atoms with Crippen LogP contribution in [0.4, 0.5) is 0 Å². The van der Waals surface area contributed by atoms with Crippen molar-refractivity contribution in [2.24, 2.45) is 0 Å². The van der Waals surface area contributed by atoms with Gasteiger partial charge in [-0.15, -0.1) is 0 Å². The number of imidazole rings is 1. The number of fused-ring (bicyclic) bond motifs is 1. The number of nitrogens with zero attached hydrogens (tertiary/aromatic N) is 4. The van der Waals surface area contributed by atoms with Crippen molar-refractivity contribution in [2.75, 3.05) is 20.2 Å². The van der Waals surface area contributed by atoms with Gasteiger partial charge in [0, 0.05) is 55.3 Å². The highest BCUT2D eigenvalue weighted by atomic mass is 35.5. The second-order valence-corrected chi connectivity index (χ2v) is 10.1. The van der Waals surface area contributed by atoms with Crippen LogP contribution in [-0.2, 0) is 17.9 Å². The first-order valence-electron chi connectivity index (χ1n) is 13.0. The quantitative estimate of drug-likeness (QED) is 0.225. The summed E-state index contributed by atoms with van der Waals surface area (Å²) in [6.07, 6.45) is 2.88. The zero-order valence-electron chi connectivity index (χ0n) is 21.9. The SMILES string of the molecule is COc1nc(-c2cccc(-c3ccc4nc(CNC[C@H](C)O)cn4n3)c2Cl)ccc1CNC[C@@H]1CCC(=O)N1. The lowest BCUT2D eigenvalue weighted by Crippen LogP contribution is -2.35. The van der Waals surface area contributed by atoms with Gasteiger partial charge in [-0.05, 0) is 31.5 Å². The summed E-state index contributed by atoms with van der Waals surface area (Å²) in [7, 11) is 1.60. The number of hydrogen-bond acceptors (Lipinski definition) is 8.